The quantitative estimate of drug-likeness (QED) is 0.694. The van der Waals surface area contributed by atoms with E-state index in [1.54, 1.807) is 23.0 Å². The summed E-state index contributed by atoms with van der Waals surface area (Å²) in [7, 11) is 0. The predicted molar refractivity (Wildman–Crippen MR) is 107 cm³/mol. The summed E-state index contributed by atoms with van der Waals surface area (Å²) in [5, 5.41) is 3.96. The fourth-order valence-electron chi connectivity index (χ4n) is 2.42. The smallest absolute Gasteiger partial charge is 0.347 e. The van der Waals surface area contributed by atoms with E-state index in [9.17, 15) is 4.79 Å². The molecule has 0 saturated heterocycles. The normalized spacial score (nSPS) is 11.6. The molecular weight excluding hydrogens is 326 g/mol. The molecule has 2 rings (SSSR count). The third kappa shape index (κ3) is 5.69. The van der Waals surface area contributed by atoms with E-state index in [1.807, 2.05) is 39.8 Å². The van der Waals surface area contributed by atoms with Crippen LogP contribution >= 0.6 is 0 Å². The molecule has 0 saturated carbocycles. The summed E-state index contributed by atoms with van der Waals surface area (Å²) in [4.78, 5) is 16.1. The number of hydrogen-bond donors (Lipinski definition) is 0. The van der Waals surface area contributed by atoms with Crippen molar-refractivity contribution in [3.8, 4) is 11.1 Å². The molecule has 0 spiro atoms. The van der Waals surface area contributed by atoms with Gasteiger partial charge in [0.2, 0.25) is 0 Å². The van der Waals surface area contributed by atoms with Crippen LogP contribution in [0.15, 0.2) is 58.2 Å². The first kappa shape index (κ1) is 21.4. The maximum atomic E-state index is 12.1. The number of aryl methyl sites for hydroxylation is 2. The van der Waals surface area contributed by atoms with E-state index < -0.39 is 0 Å². The minimum Gasteiger partial charge on any atom is -0.361 e. The van der Waals surface area contributed by atoms with Gasteiger partial charge in [0.1, 0.15) is 5.76 Å². The lowest BCUT2D eigenvalue weighted by Gasteiger charge is -2.08. The highest BCUT2D eigenvalue weighted by molar-refractivity contribution is 5.65. The van der Waals surface area contributed by atoms with Crippen molar-refractivity contribution in [2.75, 3.05) is 0 Å². The van der Waals surface area contributed by atoms with Crippen molar-refractivity contribution in [2.24, 2.45) is 5.92 Å². The molecule has 0 aliphatic rings. The number of hydrogen-bond acceptors (Lipinski definition) is 4. The molecule has 0 bridgehead atoms. The number of nitrogens with zero attached hydrogens (tertiary/aromatic N) is 3. The van der Waals surface area contributed by atoms with Crippen LogP contribution < -0.4 is 5.69 Å². The first-order chi connectivity index (χ1) is 12.4. The van der Waals surface area contributed by atoms with Crippen molar-refractivity contribution >= 4 is 0 Å². The molecule has 26 heavy (non-hydrogen) atoms. The molecule has 2 heterocycles. The minimum atomic E-state index is -0.293. The van der Waals surface area contributed by atoms with Gasteiger partial charge >= 0.3 is 5.69 Å². The van der Waals surface area contributed by atoms with Crippen LogP contribution in [0.4, 0.5) is 0 Å². The molecule has 5 heteroatoms. The highest BCUT2D eigenvalue weighted by Crippen LogP contribution is 2.25. The molecule has 0 unspecified atom stereocenters. The molecule has 0 radical (unpaired) electrons. The molecule has 2 aromatic heterocycles. The van der Waals surface area contributed by atoms with Crippen LogP contribution in [0.1, 0.15) is 39.1 Å². The summed E-state index contributed by atoms with van der Waals surface area (Å²) in [5.74, 6) is 1.14. The lowest BCUT2D eigenvalue weighted by molar-refractivity contribution is 0.393. The first-order valence-corrected chi connectivity index (χ1v) is 8.92. The Morgan fingerprint density at radius 3 is 2.58 bits per heavy atom. The average molecular weight is 355 g/mol. The fourth-order valence-corrected chi connectivity index (χ4v) is 2.42. The number of aromatic nitrogens is 3. The summed E-state index contributed by atoms with van der Waals surface area (Å²) in [6.07, 6.45) is 11.1. The predicted octanol–water partition coefficient (Wildman–Crippen LogP) is 4.87. The fraction of sp³-hybridized carbons (Fsp3) is 0.381. The molecule has 0 atom stereocenters. The topological polar surface area (TPSA) is 60.9 Å². The van der Waals surface area contributed by atoms with Crippen molar-refractivity contribution in [3.05, 3.63) is 70.8 Å². The van der Waals surface area contributed by atoms with Crippen molar-refractivity contribution in [1.29, 1.82) is 0 Å². The maximum absolute atomic E-state index is 12.1. The van der Waals surface area contributed by atoms with Crippen LogP contribution in [0.5, 0.6) is 0 Å². The SMILES string of the molecule is C=C/C=C(\C=C/C(C)C)Cn1cc(-c2c(C)noc2C)cnc1=O.CC. The summed E-state index contributed by atoms with van der Waals surface area (Å²) < 4.78 is 6.79. The molecular formula is C21H29N3O2. The monoisotopic (exact) mass is 355 g/mol. The Morgan fingerprint density at radius 2 is 2.04 bits per heavy atom. The number of allylic oxidation sites excluding steroid dienone is 5. The summed E-state index contributed by atoms with van der Waals surface area (Å²) in [6, 6.07) is 0. The van der Waals surface area contributed by atoms with Crippen LogP contribution in [-0.4, -0.2) is 14.7 Å². The summed E-state index contributed by atoms with van der Waals surface area (Å²) in [6.45, 7) is 16.1. The van der Waals surface area contributed by atoms with Crippen LogP contribution in [0.2, 0.25) is 0 Å². The lowest BCUT2D eigenvalue weighted by Crippen LogP contribution is -2.23. The van der Waals surface area contributed by atoms with Crippen LogP contribution in [0, 0.1) is 19.8 Å². The zero-order valence-corrected chi connectivity index (χ0v) is 16.6. The van der Waals surface area contributed by atoms with Crippen LogP contribution in [0.25, 0.3) is 11.1 Å². The van der Waals surface area contributed by atoms with E-state index in [0.29, 0.717) is 18.2 Å². The largest absolute Gasteiger partial charge is 0.361 e. The molecule has 0 aliphatic heterocycles. The van der Waals surface area contributed by atoms with Crippen molar-refractivity contribution in [1.82, 2.24) is 14.7 Å². The molecule has 0 amide bonds. The second kappa shape index (κ2) is 10.3. The Labute approximate surface area is 155 Å². The molecule has 0 N–H and O–H groups in total. The second-order valence-electron chi connectivity index (χ2n) is 6.03. The van der Waals surface area contributed by atoms with Gasteiger partial charge in [0.25, 0.3) is 0 Å². The standard InChI is InChI=1S/C19H23N3O2.C2H6/c1-6-7-16(9-8-13(2)3)11-22-12-17(10-20-19(22)23)18-14(4)21-24-15(18)5;1-2/h6-10,12-13H,1,11H2,2-5H3;1-2H3/b9-8-,16-7+;. The molecule has 5 nitrogen and oxygen atoms in total. The zero-order valence-electron chi connectivity index (χ0n) is 16.6. The second-order valence-corrected chi connectivity index (χ2v) is 6.03. The molecule has 0 aliphatic carbocycles. The Morgan fingerprint density at radius 1 is 1.35 bits per heavy atom. The first-order valence-electron chi connectivity index (χ1n) is 8.92. The van der Waals surface area contributed by atoms with Crippen molar-refractivity contribution in [3.63, 3.8) is 0 Å². The highest BCUT2D eigenvalue weighted by Gasteiger charge is 2.13. The highest BCUT2D eigenvalue weighted by atomic mass is 16.5. The number of rotatable bonds is 6. The van der Waals surface area contributed by atoms with Crippen LogP contribution in [-0.2, 0) is 6.54 Å². The van der Waals surface area contributed by atoms with Gasteiger partial charge in [-0.1, -0.05) is 63.7 Å². The van der Waals surface area contributed by atoms with Crippen LogP contribution in [0.3, 0.4) is 0 Å². The minimum absolute atomic E-state index is 0.293. The van der Waals surface area contributed by atoms with Crippen molar-refractivity contribution < 1.29 is 4.52 Å². The van der Waals surface area contributed by atoms with Gasteiger partial charge in [-0.2, -0.15) is 0 Å². The van der Waals surface area contributed by atoms with E-state index in [0.717, 1.165) is 22.4 Å². The zero-order chi connectivity index (χ0) is 19.7. The van der Waals surface area contributed by atoms with Gasteiger partial charge in [0.15, 0.2) is 0 Å². The average Bonchev–Trinajstić information content (AvgIpc) is 2.95. The van der Waals surface area contributed by atoms with E-state index in [1.165, 1.54) is 0 Å². The Balaban J connectivity index is 0.00000163. The van der Waals surface area contributed by atoms with Gasteiger partial charge in [-0.3, -0.25) is 4.57 Å². The summed E-state index contributed by atoms with van der Waals surface area (Å²) in [5.41, 5.74) is 3.16. The molecule has 140 valence electrons. The Bertz CT molecular complexity index is 820. The van der Waals surface area contributed by atoms with E-state index >= 15 is 0 Å². The molecule has 0 fully saturated rings. The van der Waals surface area contributed by atoms with Crippen molar-refractivity contribution in [2.45, 2.75) is 48.1 Å². The van der Waals surface area contributed by atoms with E-state index in [4.69, 9.17) is 4.52 Å². The third-order valence-corrected chi connectivity index (χ3v) is 3.56. The summed E-state index contributed by atoms with van der Waals surface area (Å²) >= 11 is 0. The van der Waals surface area contributed by atoms with Gasteiger partial charge < -0.3 is 4.52 Å². The maximum Gasteiger partial charge on any atom is 0.347 e. The van der Waals surface area contributed by atoms with E-state index in [-0.39, 0.29) is 5.69 Å². The van der Waals surface area contributed by atoms with Gasteiger partial charge in [0.05, 0.1) is 17.8 Å². The lowest BCUT2D eigenvalue weighted by atomic mass is 10.1. The van der Waals surface area contributed by atoms with Gasteiger partial charge in [-0.25, -0.2) is 9.78 Å². The van der Waals surface area contributed by atoms with Gasteiger partial charge in [-0.15, -0.1) is 0 Å². The van der Waals surface area contributed by atoms with E-state index in [2.05, 4.69) is 36.6 Å². The Kier molecular flexibility index (Phi) is 8.49. The molecule has 2 aromatic rings. The molecule has 0 aromatic carbocycles. The van der Waals surface area contributed by atoms with Gasteiger partial charge in [0, 0.05) is 18.0 Å². The third-order valence-electron chi connectivity index (χ3n) is 3.56. The van der Waals surface area contributed by atoms with Gasteiger partial charge in [-0.05, 0) is 25.3 Å². The Hall–Kier alpha value is -2.69.